The Morgan fingerprint density at radius 2 is 1.91 bits per heavy atom. The summed E-state index contributed by atoms with van der Waals surface area (Å²) >= 11 is 0. The zero-order valence-electron chi connectivity index (χ0n) is 12.0. The summed E-state index contributed by atoms with van der Waals surface area (Å²) in [6.07, 6.45) is 2.22. The molecule has 6 nitrogen and oxygen atoms in total. The van der Waals surface area contributed by atoms with Crippen molar-refractivity contribution in [2.45, 2.75) is 12.5 Å². The average molecular weight is 296 g/mol. The number of hydrogen-bond acceptors (Lipinski definition) is 4. The number of carbonyl (C=O) groups excluding carboxylic acids is 2. The quantitative estimate of drug-likeness (QED) is 0.815. The van der Waals surface area contributed by atoms with E-state index in [2.05, 4.69) is 15.2 Å². The lowest BCUT2D eigenvalue weighted by molar-refractivity contribution is -0.125. The van der Waals surface area contributed by atoms with Gasteiger partial charge < -0.3 is 14.8 Å². The lowest BCUT2D eigenvalue weighted by Crippen LogP contribution is -2.45. The van der Waals surface area contributed by atoms with E-state index in [-0.39, 0.29) is 18.2 Å². The standard InChI is InChI=1S/C16H16N4O2/c21-14-10-13(16(22)18-14)20-9-7-17-15-12(20)6-8-19(15)11-4-2-1-3-5-11/h1-6,8,13,17H,7,9-10H2,(H,18,21,22). The smallest absolute Gasteiger partial charge is 0.249 e. The summed E-state index contributed by atoms with van der Waals surface area (Å²) in [5, 5.41) is 5.78. The second-order valence-electron chi connectivity index (χ2n) is 5.51. The van der Waals surface area contributed by atoms with Crippen molar-refractivity contribution in [2.75, 3.05) is 23.3 Å². The van der Waals surface area contributed by atoms with Gasteiger partial charge in [-0.1, -0.05) is 18.2 Å². The molecule has 112 valence electrons. The highest BCUT2D eigenvalue weighted by atomic mass is 16.2. The van der Waals surface area contributed by atoms with Gasteiger partial charge >= 0.3 is 0 Å². The van der Waals surface area contributed by atoms with Crippen LogP contribution in [0.5, 0.6) is 0 Å². The lowest BCUT2D eigenvalue weighted by atomic mass is 10.1. The van der Waals surface area contributed by atoms with Gasteiger partial charge in [0.25, 0.3) is 0 Å². The maximum Gasteiger partial charge on any atom is 0.249 e. The highest BCUT2D eigenvalue weighted by molar-refractivity contribution is 6.07. The first-order chi connectivity index (χ1) is 10.7. The summed E-state index contributed by atoms with van der Waals surface area (Å²) in [5.41, 5.74) is 2.02. The van der Waals surface area contributed by atoms with Crippen molar-refractivity contribution in [1.82, 2.24) is 9.88 Å². The van der Waals surface area contributed by atoms with Crippen LogP contribution in [0, 0.1) is 0 Å². The van der Waals surface area contributed by atoms with Crippen LogP contribution in [0.1, 0.15) is 6.42 Å². The van der Waals surface area contributed by atoms with E-state index in [0.717, 1.165) is 23.7 Å². The molecule has 2 amide bonds. The normalized spacial score (nSPS) is 20.5. The number of carbonyl (C=O) groups is 2. The minimum atomic E-state index is -0.403. The average Bonchev–Trinajstić information content (AvgIpc) is 3.11. The van der Waals surface area contributed by atoms with Gasteiger partial charge in [0.15, 0.2) is 0 Å². The Labute approximate surface area is 127 Å². The molecule has 0 saturated carbocycles. The number of fused-ring (bicyclic) bond motifs is 1. The molecule has 6 heteroatoms. The van der Waals surface area contributed by atoms with E-state index in [4.69, 9.17) is 0 Å². The molecule has 0 spiro atoms. The van der Waals surface area contributed by atoms with Crippen molar-refractivity contribution in [2.24, 2.45) is 0 Å². The molecule has 1 fully saturated rings. The number of nitrogens with zero attached hydrogens (tertiary/aromatic N) is 2. The van der Waals surface area contributed by atoms with Crippen LogP contribution >= 0.6 is 0 Å². The Kier molecular flexibility index (Phi) is 2.89. The number of benzene rings is 1. The van der Waals surface area contributed by atoms with Gasteiger partial charge in [-0.2, -0.15) is 0 Å². The van der Waals surface area contributed by atoms with E-state index < -0.39 is 6.04 Å². The van der Waals surface area contributed by atoms with Crippen LogP contribution in [0.2, 0.25) is 0 Å². The molecule has 1 atom stereocenters. The minimum Gasteiger partial charge on any atom is -0.368 e. The first-order valence-corrected chi connectivity index (χ1v) is 7.35. The first-order valence-electron chi connectivity index (χ1n) is 7.35. The molecule has 2 aliphatic rings. The summed E-state index contributed by atoms with van der Waals surface area (Å²) in [4.78, 5) is 25.5. The van der Waals surface area contributed by atoms with Crippen LogP contribution in [0.25, 0.3) is 5.69 Å². The summed E-state index contributed by atoms with van der Waals surface area (Å²) in [6, 6.07) is 11.6. The van der Waals surface area contributed by atoms with E-state index in [1.54, 1.807) is 0 Å². The number of aromatic nitrogens is 1. The molecule has 0 aliphatic carbocycles. The van der Waals surface area contributed by atoms with Crippen LogP contribution in [-0.2, 0) is 9.59 Å². The van der Waals surface area contributed by atoms with Gasteiger partial charge in [0.05, 0.1) is 12.1 Å². The van der Waals surface area contributed by atoms with E-state index in [9.17, 15) is 9.59 Å². The summed E-state index contributed by atoms with van der Waals surface area (Å²) in [7, 11) is 0. The van der Waals surface area contributed by atoms with Crippen molar-refractivity contribution in [3.8, 4) is 5.69 Å². The highest BCUT2D eigenvalue weighted by Gasteiger charge is 2.37. The number of nitrogens with one attached hydrogen (secondary N) is 2. The fourth-order valence-electron chi connectivity index (χ4n) is 3.16. The van der Waals surface area contributed by atoms with Crippen LogP contribution in [0.4, 0.5) is 11.5 Å². The van der Waals surface area contributed by atoms with E-state index >= 15 is 0 Å². The van der Waals surface area contributed by atoms with Gasteiger partial charge in [-0.25, -0.2) is 0 Å². The maximum absolute atomic E-state index is 12.0. The summed E-state index contributed by atoms with van der Waals surface area (Å²) in [6.45, 7) is 1.44. The molecule has 1 unspecified atom stereocenters. The van der Waals surface area contributed by atoms with E-state index in [0.29, 0.717) is 6.54 Å². The molecule has 22 heavy (non-hydrogen) atoms. The van der Waals surface area contributed by atoms with Crippen molar-refractivity contribution in [1.29, 1.82) is 0 Å². The van der Waals surface area contributed by atoms with Crippen LogP contribution in [-0.4, -0.2) is 35.5 Å². The van der Waals surface area contributed by atoms with Gasteiger partial charge in [0.1, 0.15) is 11.9 Å². The topological polar surface area (TPSA) is 66.4 Å². The SMILES string of the molecule is O=C1CC(N2CCNc3c2ccn3-c2ccccc2)C(=O)N1. The van der Waals surface area contributed by atoms with Crippen LogP contribution < -0.4 is 15.5 Å². The number of rotatable bonds is 2. The minimum absolute atomic E-state index is 0.197. The lowest BCUT2D eigenvalue weighted by Gasteiger charge is -2.33. The zero-order valence-corrected chi connectivity index (χ0v) is 12.0. The Hall–Kier alpha value is -2.76. The summed E-state index contributed by atoms with van der Waals surface area (Å²) < 4.78 is 2.07. The molecule has 3 heterocycles. The Morgan fingerprint density at radius 1 is 1.09 bits per heavy atom. The van der Waals surface area contributed by atoms with Gasteiger partial charge in [0, 0.05) is 25.0 Å². The van der Waals surface area contributed by atoms with Crippen molar-refractivity contribution >= 4 is 23.3 Å². The third-order valence-electron chi connectivity index (χ3n) is 4.17. The molecule has 4 rings (SSSR count). The number of anilines is 2. The molecule has 0 radical (unpaired) electrons. The molecule has 0 bridgehead atoms. The summed E-state index contributed by atoms with van der Waals surface area (Å²) in [5.74, 6) is 0.562. The predicted molar refractivity (Wildman–Crippen MR) is 83.2 cm³/mol. The number of imide groups is 1. The zero-order chi connectivity index (χ0) is 15.1. The monoisotopic (exact) mass is 296 g/mol. The molecule has 1 aromatic heterocycles. The van der Waals surface area contributed by atoms with Gasteiger partial charge in [-0.3, -0.25) is 14.9 Å². The second-order valence-corrected chi connectivity index (χ2v) is 5.51. The number of amides is 2. The molecular formula is C16H16N4O2. The third kappa shape index (κ3) is 1.95. The van der Waals surface area contributed by atoms with Crippen molar-refractivity contribution in [3.05, 3.63) is 42.6 Å². The molecular weight excluding hydrogens is 280 g/mol. The molecule has 1 saturated heterocycles. The van der Waals surface area contributed by atoms with E-state index in [1.165, 1.54) is 0 Å². The van der Waals surface area contributed by atoms with Gasteiger partial charge in [-0.15, -0.1) is 0 Å². The number of para-hydroxylation sites is 1. The number of hydrogen-bond donors (Lipinski definition) is 2. The molecule has 2 aliphatic heterocycles. The molecule has 1 aromatic carbocycles. The molecule has 2 N–H and O–H groups in total. The van der Waals surface area contributed by atoms with Gasteiger partial charge in [0.2, 0.25) is 11.8 Å². The van der Waals surface area contributed by atoms with Gasteiger partial charge in [-0.05, 0) is 18.2 Å². The van der Waals surface area contributed by atoms with Crippen LogP contribution in [0.15, 0.2) is 42.6 Å². The van der Waals surface area contributed by atoms with Crippen molar-refractivity contribution < 1.29 is 9.59 Å². The fourth-order valence-corrected chi connectivity index (χ4v) is 3.16. The van der Waals surface area contributed by atoms with Crippen LogP contribution in [0.3, 0.4) is 0 Å². The third-order valence-corrected chi connectivity index (χ3v) is 4.17. The Balaban J connectivity index is 1.73. The predicted octanol–water partition coefficient (Wildman–Crippen LogP) is 1.12. The Bertz CT molecular complexity index is 738. The second kappa shape index (κ2) is 4.91. The van der Waals surface area contributed by atoms with Crippen molar-refractivity contribution in [3.63, 3.8) is 0 Å². The molecule has 2 aromatic rings. The van der Waals surface area contributed by atoms with E-state index in [1.807, 2.05) is 47.5 Å². The highest BCUT2D eigenvalue weighted by Crippen LogP contribution is 2.35. The largest absolute Gasteiger partial charge is 0.368 e. The fraction of sp³-hybridized carbons (Fsp3) is 0.250. The maximum atomic E-state index is 12.0. The Morgan fingerprint density at radius 3 is 2.64 bits per heavy atom. The first kappa shape index (κ1) is 12.9.